The molecule has 0 saturated heterocycles. The molecule has 0 bridgehead atoms. The minimum Gasteiger partial charge on any atom is -0.423 e. The van der Waals surface area contributed by atoms with Crippen LogP contribution in [-0.2, 0) is 6.42 Å². The van der Waals surface area contributed by atoms with E-state index in [-0.39, 0.29) is 11.9 Å². The van der Waals surface area contributed by atoms with Crippen molar-refractivity contribution in [3.8, 4) is 0 Å². The zero-order valence-electron chi connectivity index (χ0n) is 13.1. The highest BCUT2D eigenvalue weighted by Gasteiger charge is 2.25. The second-order valence-electron chi connectivity index (χ2n) is 5.50. The molecule has 0 aliphatic heterocycles. The van der Waals surface area contributed by atoms with Crippen molar-refractivity contribution in [2.24, 2.45) is 0 Å². The van der Waals surface area contributed by atoms with Gasteiger partial charge in [0.2, 0.25) is 0 Å². The van der Waals surface area contributed by atoms with Gasteiger partial charge in [-0.05, 0) is 29.4 Å². The number of carbonyl (C=O) groups is 1. The third kappa shape index (κ3) is 4.29. The number of aliphatic hydroxyl groups is 1. The van der Waals surface area contributed by atoms with Crippen LogP contribution in [0.3, 0.4) is 0 Å². The van der Waals surface area contributed by atoms with E-state index in [1.165, 1.54) is 0 Å². The molecule has 0 unspecified atom stereocenters. The van der Waals surface area contributed by atoms with Crippen LogP contribution in [0, 0.1) is 0 Å². The fraction of sp³-hybridized carbons (Fsp3) is 0.278. The Labute approximate surface area is 136 Å². The van der Waals surface area contributed by atoms with Gasteiger partial charge in [0, 0.05) is 12.0 Å². The number of carbonyl (C=O) groups excluding carboxylic acids is 1. The van der Waals surface area contributed by atoms with Crippen molar-refractivity contribution in [3.05, 3.63) is 65.2 Å². The highest BCUT2D eigenvalue weighted by molar-refractivity contribution is 6.59. The smallest absolute Gasteiger partial charge is 0.423 e. The molecule has 0 aromatic heterocycles. The van der Waals surface area contributed by atoms with Gasteiger partial charge < -0.3 is 15.2 Å². The van der Waals surface area contributed by atoms with Gasteiger partial charge in [-0.2, -0.15) is 0 Å². The van der Waals surface area contributed by atoms with Crippen LogP contribution in [0.25, 0.3) is 0 Å². The van der Waals surface area contributed by atoms with E-state index in [9.17, 15) is 9.90 Å². The average molecular weight is 312 g/mol. The van der Waals surface area contributed by atoms with Crippen molar-refractivity contribution in [1.82, 2.24) is 0 Å². The predicted molar refractivity (Wildman–Crippen MR) is 90.6 cm³/mol. The zero-order valence-corrected chi connectivity index (χ0v) is 13.1. The van der Waals surface area contributed by atoms with E-state index in [0.717, 1.165) is 17.5 Å². The molecule has 2 aromatic rings. The third-order valence-electron chi connectivity index (χ3n) is 3.96. The SMILES string of the molecule is CC[C@H](O)c1ccccc1.O=C1CCc2c(B(O)O)cccc21. The Kier molecular flexibility index (Phi) is 6.10. The number of hydrogen-bond donors (Lipinski definition) is 3. The molecule has 4 nitrogen and oxygen atoms in total. The first-order valence-corrected chi connectivity index (χ1v) is 7.78. The lowest BCUT2D eigenvalue weighted by atomic mass is 9.76. The van der Waals surface area contributed by atoms with E-state index < -0.39 is 7.12 Å². The molecule has 1 aliphatic carbocycles. The van der Waals surface area contributed by atoms with Gasteiger partial charge in [0.05, 0.1) is 6.10 Å². The van der Waals surface area contributed by atoms with Gasteiger partial charge in [-0.3, -0.25) is 4.79 Å². The van der Waals surface area contributed by atoms with E-state index in [1.54, 1.807) is 18.2 Å². The Morgan fingerprint density at radius 1 is 1.04 bits per heavy atom. The first-order valence-electron chi connectivity index (χ1n) is 7.78. The molecule has 0 radical (unpaired) electrons. The van der Waals surface area contributed by atoms with Gasteiger partial charge in [0.25, 0.3) is 0 Å². The zero-order chi connectivity index (χ0) is 16.8. The van der Waals surface area contributed by atoms with E-state index in [2.05, 4.69) is 0 Å². The first kappa shape index (κ1) is 17.4. The second kappa shape index (κ2) is 8.06. The summed E-state index contributed by atoms with van der Waals surface area (Å²) in [5.74, 6) is 0.0949. The Morgan fingerprint density at radius 2 is 1.74 bits per heavy atom. The molecule has 0 saturated carbocycles. The lowest BCUT2D eigenvalue weighted by Gasteiger charge is -2.05. The summed E-state index contributed by atoms with van der Waals surface area (Å²) in [4.78, 5) is 11.3. The molecule has 0 spiro atoms. The monoisotopic (exact) mass is 312 g/mol. The van der Waals surface area contributed by atoms with Gasteiger partial charge in [0.1, 0.15) is 0 Å². The molecule has 3 N–H and O–H groups in total. The number of hydrogen-bond acceptors (Lipinski definition) is 4. The minimum absolute atomic E-state index is 0.0949. The standard InChI is InChI=1S/C9H9BO3.C9H12O/c11-9-5-4-6-7(9)2-1-3-8(6)10(12)13;1-2-9(10)8-6-4-3-5-7-8/h1-3,12-13H,4-5H2;3-7,9-10H,2H2,1H3/t;9-/m.0/s1. The molecule has 1 atom stereocenters. The van der Waals surface area contributed by atoms with E-state index in [0.29, 0.717) is 23.9 Å². The third-order valence-corrected chi connectivity index (χ3v) is 3.96. The summed E-state index contributed by atoms with van der Waals surface area (Å²) in [7, 11) is -1.47. The number of Topliss-reactive ketones (excluding diaryl/α,β-unsaturated/α-hetero) is 1. The van der Waals surface area contributed by atoms with E-state index in [1.807, 2.05) is 37.3 Å². The van der Waals surface area contributed by atoms with Crippen LogP contribution in [0.2, 0.25) is 0 Å². The molecule has 1 aliphatic rings. The number of aliphatic hydroxyl groups excluding tert-OH is 1. The number of benzene rings is 2. The summed E-state index contributed by atoms with van der Waals surface area (Å²) in [6.45, 7) is 1.97. The largest absolute Gasteiger partial charge is 0.488 e. The van der Waals surface area contributed by atoms with Crippen molar-refractivity contribution in [3.63, 3.8) is 0 Å². The molecule has 120 valence electrons. The molecule has 2 aromatic carbocycles. The predicted octanol–water partition coefficient (Wildman–Crippen LogP) is 1.63. The summed E-state index contributed by atoms with van der Waals surface area (Å²) in [6, 6.07) is 14.8. The summed E-state index contributed by atoms with van der Waals surface area (Å²) >= 11 is 0. The summed E-state index contributed by atoms with van der Waals surface area (Å²) in [6.07, 6.45) is 1.60. The number of fused-ring (bicyclic) bond motifs is 1. The molecule has 0 heterocycles. The van der Waals surface area contributed by atoms with Crippen molar-refractivity contribution in [2.45, 2.75) is 32.3 Å². The Hall–Kier alpha value is -1.95. The van der Waals surface area contributed by atoms with Crippen LogP contribution in [0.5, 0.6) is 0 Å². The molecular weight excluding hydrogens is 291 g/mol. The van der Waals surface area contributed by atoms with Gasteiger partial charge >= 0.3 is 7.12 Å². The molecule has 0 amide bonds. The molecular formula is C18H21BO4. The quantitative estimate of drug-likeness (QED) is 0.753. The van der Waals surface area contributed by atoms with Gasteiger partial charge in [0.15, 0.2) is 5.78 Å². The van der Waals surface area contributed by atoms with Crippen LogP contribution in [0.4, 0.5) is 0 Å². The maximum absolute atomic E-state index is 11.3. The van der Waals surface area contributed by atoms with Crippen molar-refractivity contribution >= 4 is 18.4 Å². The Morgan fingerprint density at radius 3 is 2.35 bits per heavy atom. The summed E-state index contributed by atoms with van der Waals surface area (Å²) < 4.78 is 0. The topological polar surface area (TPSA) is 77.8 Å². The van der Waals surface area contributed by atoms with Crippen LogP contribution >= 0.6 is 0 Å². The van der Waals surface area contributed by atoms with E-state index in [4.69, 9.17) is 10.0 Å². The highest BCUT2D eigenvalue weighted by atomic mass is 16.4. The second-order valence-corrected chi connectivity index (χ2v) is 5.50. The van der Waals surface area contributed by atoms with Crippen molar-refractivity contribution in [2.75, 3.05) is 0 Å². The van der Waals surface area contributed by atoms with Crippen LogP contribution in [-0.4, -0.2) is 28.1 Å². The van der Waals surface area contributed by atoms with E-state index >= 15 is 0 Å². The van der Waals surface area contributed by atoms with Crippen molar-refractivity contribution in [1.29, 1.82) is 0 Å². The van der Waals surface area contributed by atoms with Gasteiger partial charge in [-0.1, -0.05) is 55.5 Å². The number of rotatable bonds is 3. The first-order chi connectivity index (χ1) is 11.0. The lowest BCUT2D eigenvalue weighted by Crippen LogP contribution is -2.32. The normalized spacial score (nSPS) is 13.8. The minimum atomic E-state index is -1.47. The fourth-order valence-corrected chi connectivity index (χ4v) is 2.67. The Bertz CT molecular complexity index is 655. The number of ketones is 1. The Balaban J connectivity index is 0.000000174. The van der Waals surface area contributed by atoms with Gasteiger partial charge in [-0.25, -0.2) is 0 Å². The van der Waals surface area contributed by atoms with Gasteiger partial charge in [-0.15, -0.1) is 0 Å². The molecule has 3 rings (SSSR count). The fourth-order valence-electron chi connectivity index (χ4n) is 2.67. The summed E-state index contributed by atoms with van der Waals surface area (Å²) in [5.41, 5.74) is 2.90. The van der Waals surface area contributed by atoms with Crippen LogP contribution in [0.1, 0.15) is 47.4 Å². The average Bonchev–Trinajstić information content (AvgIpc) is 2.97. The van der Waals surface area contributed by atoms with Crippen LogP contribution < -0.4 is 5.46 Å². The maximum Gasteiger partial charge on any atom is 0.488 e. The van der Waals surface area contributed by atoms with Crippen LogP contribution in [0.15, 0.2) is 48.5 Å². The van der Waals surface area contributed by atoms with Crippen molar-refractivity contribution < 1.29 is 19.9 Å². The summed E-state index contributed by atoms with van der Waals surface area (Å²) in [5, 5.41) is 27.4. The lowest BCUT2D eigenvalue weighted by molar-refractivity contribution is 0.0994. The highest BCUT2D eigenvalue weighted by Crippen LogP contribution is 2.19. The molecule has 23 heavy (non-hydrogen) atoms. The maximum atomic E-state index is 11.3. The molecule has 0 fully saturated rings. The molecule has 5 heteroatoms.